The number of carbonyl (C=O) groups is 1. The van der Waals surface area contributed by atoms with Gasteiger partial charge >= 0.3 is 6.18 Å². The zero-order chi connectivity index (χ0) is 17.4. The lowest BCUT2D eigenvalue weighted by molar-refractivity contribution is -0.174. The first-order valence-corrected chi connectivity index (χ1v) is 8.15. The fourth-order valence-electron chi connectivity index (χ4n) is 2.76. The van der Waals surface area contributed by atoms with E-state index >= 15 is 0 Å². The maximum Gasteiger partial charge on any atom is 0.411 e. The zero-order valence-electron chi connectivity index (χ0n) is 13.5. The molecule has 1 fully saturated rings. The molecule has 0 aliphatic carbocycles. The molecule has 0 aromatic heterocycles. The molecule has 7 heteroatoms. The first-order valence-electron chi connectivity index (χ1n) is 8.15. The number of carbonyl (C=O) groups excluding carboxylic acids is 1. The van der Waals surface area contributed by atoms with Crippen LogP contribution in [0.15, 0.2) is 30.3 Å². The summed E-state index contributed by atoms with van der Waals surface area (Å²) in [7, 11) is 0. The van der Waals surface area contributed by atoms with Crippen LogP contribution in [-0.4, -0.2) is 49.8 Å². The first kappa shape index (κ1) is 18.7. The Hall–Kier alpha value is -1.60. The highest BCUT2D eigenvalue weighted by molar-refractivity contribution is 5.76. The van der Waals surface area contributed by atoms with Gasteiger partial charge in [0.05, 0.1) is 12.6 Å². The Balaban J connectivity index is 1.84. The van der Waals surface area contributed by atoms with Gasteiger partial charge in [-0.15, -0.1) is 0 Å². The van der Waals surface area contributed by atoms with Crippen LogP contribution >= 0.6 is 0 Å². The van der Waals surface area contributed by atoms with E-state index in [0.717, 1.165) is 31.5 Å². The van der Waals surface area contributed by atoms with E-state index in [-0.39, 0.29) is 25.0 Å². The van der Waals surface area contributed by atoms with Crippen molar-refractivity contribution in [2.24, 2.45) is 0 Å². The molecular weight excluding hydrogens is 321 g/mol. The quantitative estimate of drug-likeness (QED) is 0.738. The molecule has 1 heterocycles. The Morgan fingerprint density at radius 3 is 2.50 bits per heavy atom. The molecule has 0 radical (unpaired) electrons. The van der Waals surface area contributed by atoms with Crippen LogP contribution in [0.3, 0.4) is 0 Å². The summed E-state index contributed by atoms with van der Waals surface area (Å²) in [5, 5.41) is 2.92. The van der Waals surface area contributed by atoms with Crippen molar-refractivity contribution >= 4 is 5.91 Å². The van der Waals surface area contributed by atoms with E-state index < -0.39 is 12.8 Å². The monoisotopic (exact) mass is 344 g/mol. The molecule has 1 N–H and O–H groups in total. The fourth-order valence-corrected chi connectivity index (χ4v) is 2.76. The van der Waals surface area contributed by atoms with Crippen LogP contribution < -0.4 is 5.32 Å². The summed E-state index contributed by atoms with van der Waals surface area (Å²) in [5.74, 6) is -0.301. The van der Waals surface area contributed by atoms with Gasteiger partial charge in [-0.2, -0.15) is 13.2 Å². The lowest BCUT2D eigenvalue weighted by Gasteiger charge is -2.25. The van der Waals surface area contributed by atoms with Crippen molar-refractivity contribution < 1.29 is 22.7 Å². The number of hydrogen-bond acceptors (Lipinski definition) is 3. The number of ether oxygens (including phenoxy) is 1. The van der Waals surface area contributed by atoms with Gasteiger partial charge in [-0.05, 0) is 31.5 Å². The van der Waals surface area contributed by atoms with Gasteiger partial charge < -0.3 is 15.0 Å². The van der Waals surface area contributed by atoms with Gasteiger partial charge in [0.2, 0.25) is 5.91 Å². The van der Waals surface area contributed by atoms with Gasteiger partial charge in [0.15, 0.2) is 0 Å². The molecule has 1 aromatic rings. The Bertz CT molecular complexity index is 502. The molecule has 24 heavy (non-hydrogen) atoms. The summed E-state index contributed by atoms with van der Waals surface area (Å²) in [6, 6.07) is 9.45. The fraction of sp³-hybridized carbons (Fsp3) is 0.588. The van der Waals surface area contributed by atoms with Crippen LogP contribution in [0.25, 0.3) is 0 Å². The molecule has 0 bridgehead atoms. The van der Waals surface area contributed by atoms with Crippen LogP contribution in [0.4, 0.5) is 13.2 Å². The Morgan fingerprint density at radius 2 is 1.88 bits per heavy atom. The third-order valence-corrected chi connectivity index (χ3v) is 3.92. The largest absolute Gasteiger partial charge is 0.411 e. The molecule has 1 saturated heterocycles. The average Bonchev–Trinajstić information content (AvgIpc) is 3.04. The summed E-state index contributed by atoms with van der Waals surface area (Å²) in [5.41, 5.74) is 0.994. The van der Waals surface area contributed by atoms with Crippen LogP contribution in [-0.2, 0) is 9.53 Å². The molecule has 0 saturated carbocycles. The second-order valence-electron chi connectivity index (χ2n) is 5.96. The number of rotatable bonds is 8. The van der Waals surface area contributed by atoms with E-state index in [1.54, 1.807) is 0 Å². The Morgan fingerprint density at radius 1 is 1.21 bits per heavy atom. The van der Waals surface area contributed by atoms with Gasteiger partial charge in [0.25, 0.3) is 0 Å². The molecule has 1 amide bonds. The standard InChI is InChI=1S/C17H23F3N2O2/c18-17(19,20)13-24-11-8-16(23)21-15(12-22-9-4-5-10-22)14-6-2-1-3-7-14/h1-3,6-7,15H,4-5,8-13H2,(H,21,23). The number of likely N-dealkylation sites (tertiary alicyclic amines) is 1. The molecule has 2 rings (SSSR count). The third kappa shape index (κ3) is 6.88. The molecule has 1 aromatic carbocycles. The maximum atomic E-state index is 12.0. The van der Waals surface area contributed by atoms with Gasteiger partial charge in [-0.1, -0.05) is 30.3 Å². The van der Waals surface area contributed by atoms with E-state index in [4.69, 9.17) is 0 Å². The number of nitrogens with one attached hydrogen (secondary N) is 1. The molecule has 0 spiro atoms. The molecule has 1 aliphatic rings. The summed E-state index contributed by atoms with van der Waals surface area (Å²) < 4.78 is 40.5. The average molecular weight is 344 g/mol. The molecule has 1 atom stereocenters. The van der Waals surface area contributed by atoms with E-state index in [2.05, 4.69) is 15.0 Å². The molecule has 1 unspecified atom stereocenters. The number of benzene rings is 1. The van der Waals surface area contributed by atoms with Crippen molar-refractivity contribution in [2.75, 3.05) is 32.8 Å². The minimum atomic E-state index is -4.36. The highest BCUT2D eigenvalue weighted by Gasteiger charge is 2.27. The zero-order valence-corrected chi connectivity index (χ0v) is 13.5. The van der Waals surface area contributed by atoms with Gasteiger partial charge in [-0.3, -0.25) is 4.79 Å². The van der Waals surface area contributed by atoms with Crippen molar-refractivity contribution in [3.05, 3.63) is 35.9 Å². The topological polar surface area (TPSA) is 41.6 Å². The summed E-state index contributed by atoms with van der Waals surface area (Å²) in [6.07, 6.45) is -2.14. The number of nitrogens with zero attached hydrogens (tertiary/aromatic N) is 1. The number of hydrogen-bond donors (Lipinski definition) is 1. The third-order valence-electron chi connectivity index (χ3n) is 3.92. The lowest BCUT2D eigenvalue weighted by Crippen LogP contribution is -2.37. The van der Waals surface area contributed by atoms with Crippen molar-refractivity contribution in [2.45, 2.75) is 31.5 Å². The number of halogens is 3. The predicted octanol–water partition coefficient (Wildman–Crippen LogP) is 2.91. The molecular formula is C17H23F3N2O2. The smallest absolute Gasteiger partial charge is 0.372 e. The van der Waals surface area contributed by atoms with Gasteiger partial charge in [0, 0.05) is 13.0 Å². The van der Waals surface area contributed by atoms with E-state index in [9.17, 15) is 18.0 Å². The Kier molecular flexibility index (Phi) is 7.05. The number of amides is 1. The predicted molar refractivity (Wildman–Crippen MR) is 84.5 cm³/mol. The van der Waals surface area contributed by atoms with Crippen LogP contribution in [0.2, 0.25) is 0 Å². The minimum absolute atomic E-state index is 0.0839. The first-order chi connectivity index (χ1) is 11.4. The normalized spacial score (nSPS) is 17.0. The SMILES string of the molecule is O=C(CCOCC(F)(F)F)NC(CN1CCCC1)c1ccccc1. The van der Waals surface area contributed by atoms with Crippen LogP contribution in [0.1, 0.15) is 30.9 Å². The lowest BCUT2D eigenvalue weighted by atomic mass is 10.1. The Labute approximate surface area is 140 Å². The summed E-state index contributed by atoms with van der Waals surface area (Å²) in [6.45, 7) is 1.16. The van der Waals surface area contributed by atoms with E-state index in [1.165, 1.54) is 0 Å². The molecule has 134 valence electrons. The van der Waals surface area contributed by atoms with Gasteiger partial charge in [-0.25, -0.2) is 0 Å². The second kappa shape index (κ2) is 9.03. The highest BCUT2D eigenvalue weighted by Crippen LogP contribution is 2.18. The molecule has 4 nitrogen and oxygen atoms in total. The molecule has 1 aliphatic heterocycles. The van der Waals surface area contributed by atoms with Crippen molar-refractivity contribution in [3.63, 3.8) is 0 Å². The van der Waals surface area contributed by atoms with Crippen molar-refractivity contribution in [1.29, 1.82) is 0 Å². The highest BCUT2D eigenvalue weighted by atomic mass is 19.4. The minimum Gasteiger partial charge on any atom is -0.372 e. The van der Waals surface area contributed by atoms with E-state index in [0.29, 0.717) is 6.54 Å². The second-order valence-corrected chi connectivity index (χ2v) is 5.96. The number of alkyl halides is 3. The van der Waals surface area contributed by atoms with Crippen LogP contribution in [0.5, 0.6) is 0 Å². The van der Waals surface area contributed by atoms with Crippen molar-refractivity contribution in [1.82, 2.24) is 10.2 Å². The summed E-state index contributed by atoms with van der Waals surface area (Å²) >= 11 is 0. The van der Waals surface area contributed by atoms with E-state index in [1.807, 2.05) is 30.3 Å². The van der Waals surface area contributed by atoms with Crippen molar-refractivity contribution in [3.8, 4) is 0 Å². The maximum absolute atomic E-state index is 12.0. The van der Waals surface area contributed by atoms with Crippen LogP contribution in [0, 0.1) is 0 Å². The van der Waals surface area contributed by atoms with Gasteiger partial charge in [0.1, 0.15) is 6.61 Å². The summed E-state index contributed by atoms with van der Waals surface area (Å²) in [4.78, 5) is 14.3.